The molecule has 8 bridgehead atoms. The average molecular weight is 855 g/mol. The molecule has 0 unspecified atom stereocenters. The van der Waals surface area contributed by atoms with Crippen LogP contribution in [0.4, 0.5) is 0 Å². The summed E-state index contributed by atoms with van der Waals surface area (Å²) in [7, 11) is 0. The second-order valence-electron chi connectivity index (χ2n) is 21.9. The quantitative estimate of drug-likeness (QED) is 0.160. The zero-order valence-electron chi connectivity index (χ0n) is 37.6. The van der Waals surface area contributed by atoms with Crippen LogP contribution in [0.2, 0.25) is 0 Å². The molecule has 322 valence electrons. The maximum absolute atomic E-state index is 9.77. The van der Waals surface area contributed by atoms with Crippen molar-refractivity contribution in [2.75, 3.05) is 0 Å². The van der Waals surface area contributed by atoms with Gasteiger partial charge in [0.15, 0.2) is 17.5 Å². The summed E-state index contributed by atoms with van der Waals surface area (Å²) in [6.45, 7) is 0. The van der Waals surface area contributed by atoms with Crippen molar-refractivity contribution >= 4 is 21.5 Å². The fourth-order valence-electron chi connectivity index (χ4n) is 16.0. The van der Waals surface area contributed by atoms with Gasteiger partial charge in [0.1, 0.15) is 0 Å². The van der Waals surface area contributed by atoms with E-state index >= 15 is 0 Å². The van der Waals surface area contributed by atoms with Gasteiger partial charge in [-0.05, 0) is 197 Å². The lowest BCUT2D eigenvalue weighted by atomic mass is 9.47. The van der Waals surface area contributed by atoms with Crippen LogP contribution >= 0.6 is 0 Å². The number of hydrogen-bond acceptors (Lipinski definition) is 4. The van der Waals surface area contributed by atoms with Crippen molar-refractivity contribution in [3.63, 3.8) is 0 Å². The first-order chi connectivity index (χ1) is 32.5. The van der Waals surface area contributed by atoms with Crippen LogP contribution in [0, 0.1) is 46.8 Å². The van der Waals surface area contributed by atoms with Crippen molar-refractivity contribution in [1.82, 2.24) is 15.0 Å². The van der Waals surface area contributed by atoms with Gasteiger partial charge in [-0.2, -0.15) is 5.26 Å². The Hall–Kier alpha value is -6.44. The number of benzene rings is 7. The van der Waals surface area contributed by atoms with Crippen LogP contribution in [0.3, 0.4) is 0 Å². The molecule has 0 spiro atoms. The molecule has 0 N–H and O–H groups in total. The molecule has 8 fully saturated rings. The molecule has 0 radical (unpaired) electrons. The summed E-state index contributed by atoms with van der Waals surface area (Å²) in [5.74, 6) is 7.38. The minimum absolute atomic E-state index is 0.298. The minimum Gasteiger partial charge on any atom is -0.208 e. The number of hydrogen-bond donors (Lipinski definition) is 0. The monoisotopic (exact) mass is 854 g/mol. The van der Waals surface area contributed by atoms with Gasteiger partial charge in [-0.3, -0.25) is 0 Å². The molecule has 1 heterocycles. The van der Waals surface area contributed by atoms with Gasteiger partial charge in [0.05, 0.1) is 11.6 Å². The molecule has 7 aromatic carbocycles. The van der Waals surface area contributed by atoms with Crippen molar-refractivity contribution < 1.29 is 0 Å². The Morgan fingerprint density at radius 1 is 0.379 bits per heavy atom. The highest BCUT2D eigenvalue weighted by atomic mass is 15.0. The van der Waals surface area contributed by atoms with Crippen molar-refractivity contribution in [2.24, 2.45) is 35.5 Å². The maximum Gasteiger partial charge on any atom is 0.164 e. The number of fused-ring (bicyclic) bond motifs is 2. The van der Waals surface area contributed by atoms with Crippen LogP contribution in [-0.2, 0) is 10.8 Å². The Kier molecular flexibility index (Phi) is 8.69. The molecule has 0 atom stereocenters. The lowest BCUT2D eigenvalue weighted by molar-refractivity contribution is -0.00520. The van der Waals surface area contributed by atoms with E-state index in [2.05, 4.69) is 133 Å². The Bertz CT molecular complexity index is 3230. The van der Waals surface area contributed by atoms with Gasteiger partial charge < -0.3 is 0 Å². The topological polar surface area (TPSA) is 62.5 Å². The van der Waals surface area contributed by atoms with Crippen molar-refractivity contribution in [2.45, 2.75) is 87.9 Å². The van der Waals surface area contributed by atoms with E-state index < -0.39 is 0 Å². The van der Waals surface area contributed by atoms with Crippen LogP contribution in [0.15, 0.2) is 146 Å². The first kappa shape index (κ1) is 38.8. The highest BCUT2D eigenvalue weighted by Crippen LogP contribution is 2.63. The Morgan fingerprint density at radius 2 is 0.864 bits per heavy atom. The fourth-order valence-corrected chi connectivity index (χ4v) is 16.0. The van der Waals surface area contributed by atoms with Crippen LogP contribution < -0.4 is 0 Å². The number of nitriles is 1. The summed E-state index contributed by atoms with van der Waals surface area (Å²) in [5, 5.41) is 14.7. The van der Waals surface area contributed by atoms with E-state index in [0.717, 1.165) is 79.7 Å². The van der Waals surface area contributed by atoms with E-state index in [-0.39, 0.29) is 0 Å². The van der Waals surface area contributed by atoms with E-state index in [1.807, 2.05) is 18.2 Å². The van der Waals surface area contributed by atoms with Crippen LogP contribution in [0.1, 0.15) is 93.7 Å². The van der Waals surface area contributed by atoms with E-state index in [4.69, 9.17) is 15.0 Å². The summed E-state index contributed by atoms with van der Waals surface area (Å²) >= 11 is 0. The van der Waals surface area contributed by atoms with Crippen molar-refractivity contribution in [1.29, 1.82) is 5.26 Å². The van der Waals surface area contributed by atoms with E-state index in [9.17, 15) is 5.26 Å². The van der Waals surface area contributed by atoms with Crippen molar-refractivity contribution in [3.8, 4) is 62.5 Å². The smallest absolute Gasteiger partial charge is 0.164 e. The zero-order chi connectivity index (χ0) is 43.6. The molecule has 4 heteroatoms. The summed E-state index contributed by atoms with van der Waals surface area (Å²) in [5.41, 5.74) is 11.8. The molecule has 8 aromatic rings. The zero-order valence-corrected chi connectivity index (χ0v) is 37.6. The molecule has 1 aromatic heterocycles. The second kappa shape index (κ2) is 14.8. The van der Waals surface area contributed by atoms with Gasteiger partial charge in [-0.1, -0.05) is 127 Å². The molecule has 8 aliphatic rings. The summed E-state index contributed by atoms with van der Waals surface area (Å²) in [6.07, 6.45) is 16.7. The number of nitrogens with zero attached hydrogens (tertiary/aromatic N) is 4. The summed E-state index contributed by atoms with van der Waals surface area (Å²) in [6, 6.07) is 55.4. The largest absolute Gasteiger partial charge is 0.208 e. The van der Waals surface area contributed by atoms with E-state index in [1.165, 1.54) is 98.9 Å². The van der Waals surface area contributed by atoms with Gasteiger partial charge >= 0.3 is 0 Å². The Balaban J connectivity index is 0.924. The molecular formula is C62H54N4. The molecule has 8 aliphatic carbocycles. The fraction of sp³-hybridized carbons (Fsp3) is 0.323. The minimum atomic E-state index is 0.298. The normalized spacial score (nSPS) is 28.0. The van der Waals surface area contributed by atoms with Crippen molar-refractivity contribution in [3.05, 3.63) is 162 Å². The van der Waals surface area contributed by atoms with Crippen LogP contribution in [0.25, 0.3) is 78.0 Å². The highest BCUT2D eigenvalue weighted by molar-refractivity contribution is 6.05. The highest BCUT2D eigenvalue weighted by Gasteiger charge is 2.53. The predicted molar refractivity (Wildman–Crippen MR) is 266 cm³/mol. The second-order valence-corrected chi connectivity index (χ2v) is 21.9. The molecule has 0 saturated heterocycles. The molecule has 0 amide bonds. The van der Waals surface area contributed by atoms with Gasteiger partial charge in [0.2, 0.25) is 0 Å². The third kappa shape index (κ3) is 6.18. The predicted octanol–water partition coefficient (Wildman–Crippen LogP) is 15.3. The average Bonchev–Trinajstić information content (AvgIpc) is 3.35. The maximum atomic E-state index is 9.77. The van der Waals surface area contributed by atoms with E-state index in [1.54, 1.807) is 5.56 Å². The lowest BCUT2D eigenvalue weighted by Crippen LogP contribution is -2.48. The van der Waals surface area contributed by atoms with Gasteiger partial charge in [0, 0.05) is 16.7 Å². The molecule has 4 nitrogen and oxygen atoms in total. The standard InChI is InChI=1S/C62H54N4/c63-37-38-8-7-9-46(30-38)48-20-21-56(51-12-2-1-10-49(48)51)60-65-58(45-16-18-47(19-17-45)61-31-39-24-40(32-61)26-41(25-39)33-61)64-59(66-60)55-15-6-4-13-52(55)53-22-23-57(54-14-5-3-11-50(53)54)62-34-42-27-43(35-62)29-44(28-42)36-62/h1-23,30,39-44H,24-29,31-36H2/t39-,40+,41-,42-,43+,44-,61?,62?. The molecule has 8 saturated carbocycles. The van der Waals surface area contributed by atoms with Crippen LogP contribution in [0.5, 0.6) is 0 Å². The number of aromatic nitrogens is 3. The Morgan fingerprint density at radius 3 is 1.48 bits per heavy atom. The van der Waals surface area contributed by atoms with Gasteiger partial charge in [-0.15, -0.1) is 0 Å². The first-order valence-electron chi connectivity index (χ1n) is 25.0. The molecule has 16 rings (SSSR count). The van der Waals surface area contributed by atoms with Gasteiger partial charge in [-0.25, -0.2) is 15.0 Å². The third-order valence-corrected chi connectivity index (χ3v) is 17.9. The number of rotatable bonds is 7. The summed E-state index contributed by atoms with van der Waals surface area (Å²) < 4.78 is 0. The molecule has 0 aliphatic heterocycles. The lowest BCUT2D eigenvalue weighted by Gasteiger charge is -2.57. The van der Waals surface area contributed by atoms with E-state index in [0.29, 0.717) is 33.9 Å². The SMILES string of the molecule is N#Cc1cccc(-c2ccc(-c3nc(-c4ccc(C56C[C@H]7C[C@@H](C5)C[C@@H](C6)C7)cc4)nc(-c4ccccc4-c4ccc(C56C[C@H]7C[C@@H](C5)C[C@@H](C6)C7)c5ccccc45)n3)c3ccccc23)c1. The summed E-state index contributed by atoms with van der Waals surface area (Å²) in [4.78, 5) is 16.3. The first-order valence-corrected chi connectivity index (χ1v) is 25.0. The Labute approximate surface area is 388 Å². The molecule has 66 heavy (non-hydrogen) atoms. The van der Waals surface area contributed by atoms with Crippen LogP contribution in [-0.4, -0.2) is 15.0 Å². The third-order valence-electron chi connectivity index (χ3n) is 17.9. The molecular weight excluding hydrogens is 801 g/mol. The van der Waals surface area contributed by atoms with Gasteiger partial charge in [0.25, 0.3) is 0 Å².